The number of hydrogen-bond donors (Lipinski definition) is 1. The molecule has 0 bridgehead atoms. The molecule has 0 aliphatic rings. The van der Waals surface area contributed by atoms with E-state index in [4.69, 9.17) is 9.84 Å². The molecule has 21 heavy (non-hydrogen) atoms. The number of aromatic nitrogens is 2. The first-order valence-electron chi connectivity index (χ1n) is 6.09. The Morgan fingerprint density at radius 2 is 2.29 bits per heavy atom. The van der Waals surface area contributed by atoms with Crippen LogP contribution in [0.15, 0.2) is 28.6 Å². The standard InChI is InChI=1S/C14H14N2O3S2/c1-9-15-16-14(21-9)20-8-11-7-12(19-2)5-3-10(11)4-6-13(17)18/h3-7H,8H2,1-2H3,(H,17,18). The Hall–Kier alpha value is -1.86. The third kappa shape index (κ3) is 4.57. The van der Waals surface area contributed by atoms with Gasteiger partial charge in [0.15, 0.2) is 4.34 Å². The van der Waals surface area contributed by atoms with Crippen LogP contribution in [0.25, 0.3) is 6.08 Å². The van der Waals surface area contributed by atoms with Crippen LogP contribution in [0.4, 0.5) is 0 Å². The van der Waals surface area contributed by atoms with Crippen molar-refractivity contribution in [2.45, 2.75) is 17.0 Å². The number of thioether (sulfide) groups is 1. The molecule has 0 saturated carbocycles. The summed E-state index contributed by atoms with van der Waals surface area (Å²) in [5.41, 5.74) is 1.84. The third-order valence-corrected chi connectivity index (χ3v) is 4.64. The molecule has 0 aliphatic heterocycles. The van der Waals surface area contributed by atoms with Crippen LogP contribution >= 0.6 is 23.1 Å². The van der Waals surface area contributed by atoms with Crippen LogP contribution in [0.1, 0.15) is 16.1 Å². The van der Waals surface area contributed by atoms with Crippen molar-refractivity contribution in [2.24, 2.45) is 0 Å². The zero-order valence-corrected chi connectivity index (χ0v) is 13.2. The van der Waals surface area contributed by atoms with E-state index >= 15 is 0 Å². The SMILES string of the molecule is COc1ccc(C=CC(=O)O)c(CSc2nnc(C)s2)c1. The number of benzene rings is 1. The first-order valence-corrected chi connectivity index (χ1v) is 7.89. The first kappa shape index (κ1) is 15.5. The van der Waals surface area contributed by atoms with Gasteiger partial charge in [-0.25, -0.2) is 4.79 Å². The highest BCUT2D eigenvalue weighted by atomic mass is 32.2. The third-order valence-electron chi connectivity index (χ3n) is 2.61. The Morgan fingerprint density at radius 3 is 2.90 bits per heavy atom. The van der Waals surface area contributed by atoms with Gasteiger partial charge in [0.25, 0.3) is 0 Å². The lowest BCUT2D eigenvalue weighted by molar-refractivity contribution is -0.131. The average molecular weight is 322 g/mol. The average Bonchev–Trinajstić information content (AvgIpc) is 2.88. The lowest BCUT2D eigenvalue weighted by Crippen LogP contribution is -1.92. The Balaban J connectivity index is 2.19. The van der Waals surface area contributed by atoms with Gasteiger partial charge >= 0.3 is 5.97 Å². The van der Waals surface area contributed by atoms with E-state index in [2.05, 4.69) is 10.2 Å². The van der Waals surface area contributed by atoms with Crippen molar-refractivity contribution in [3.8, 4) is 5.75 Å². The summed E-state index contributed by atoms with van der Waals surface area (Å²) in [4.78, 5) is 10.7. The molecule has 0 fully saturated rings. The zero-order chi connectivity index (χ0) is 15.2. The van der Waals surface area contributed by atoms with Crippen LogP contribution in [0.5, 0.6) is 5.75 Å². The molecule has 0 unspecified atom stereocenters. The van der Waals surface area contributed by atoms with Crippen LogP contribution in [0.2, 0.25) is 0 Å². The lowest BCUT2D eigenvalue weighted by Gasteiger charge is -2.07. The highest BCUT2D eigenvalue weighted by molar-refractivity contribution is 8.00. The molecule has 2 rings (SSSR count). The van der Waals surface area contributed by atoms with E-state index in [0.29, 0.717) is 5.75 Å². The molecule has 7 heteroatoms. The van der Waals surface area contributed by atoms with Gasteiger partial charge < -0.3 is 9.84 Å². The molecule has 0 saturated heterocycles. The van der Waals surface area contributed by atoms with Crippen LogP contribution in [0.3, 0.4) is 0 Å². The zero-order valence-electron chi connectivity index (χ0n) is 11.6. The fourth-order valence-corrected chi connectivity index (χ4v) is 3.45. The van der Waals surface area contributed by atoms with Crippen LogP contribution in [-0.4, -0.2) is 28.4 Å². The van der Waals surface area contributed by atoms with Crippen molar-refractivity contribution in [1.29, 1.82) is 0 Å². The molecule has 110 valence electrons. The molecule has 0 amide bonds. The van der Waals surface area contributed by atoms with Gasteiger partial charge in [-0.1, -0.05) is 29.2 Å². The van der Waals surface area contributed by atoms with Gasteiger partial charge in [0, 0.05) is 11.8 Å². The number of rotatable bonds is 6. The Labute approximate surface area is 130 Å². The predicted octanol–water partition coefficient (Wildman–Crippen LogP) is 3.25. The van der Waals surface area contributed by atoms with Crippen molar-refractivity contribution < 1.29 is 14.6 Å². The molecule has 0 aliphatic carbocycles. The Kier molecular flexibility index (Phi) is 5.35. The molecule has 1 heterocycles. The minimum atomic E-state index is -0.968. The second-order valence-corrected chi connectivity index (χ2v) is 6.52. The Bertz CT molecular complexity index is 668. The smallest absolute Gasteiger partial charge is 0.328 e. The van der Waals surface area contributed by atoms with Crippen molar-refractivity contribution in [2.75, 3.05) is 7.11 Å². The van der Waals surface area contributed by atoms with Gasteiger partial charge in [0.2, 0.25) is 0 Å². The van der Waals surface area contributed by atoms with E-state index in [1.54, 1.807) is 24.9 Å². The molecule has 0 spiro atoms. The minimum absolute atomic E-state index is 0.672. The van der Waals surface area contributed by atoms with Gasteiger partial charge in [-0.05, 0) is 36.3 Å². The van der Waals surface area contributed by atoms with Gasteiger partial charge in [0.05, 0.1) is 7.11 Å². The molecule has 2 aromatic rings. The largest absolute Gasteiger partial charge is 0.497 e. The number of aliphatic carboxylic acids is 1. The normalized spacial score (nSPS) is 11.0. The van der Waals surface area contributed by atoms with E-state index < -0.39 is 5.97 Å². The van der Waals surface area contributed by atoms with Gasteiger partial charge in [0.1, 0.15) is 10.8 Å². The molecule has 5 nitrogen and oxygen atoms in total. The van der Waals surface area contributed by atoms with E-state index in [1.807, 2.05) is 25.1 Å². The summed E-state index contributed by atoms with van der Waals surface area (Å²) < 4.78 is 6.11. The molecule has 1 aromatic heterocycles. The van der Waals surface area contributed by atoms with Gasteiger partial charge in [-0.2, -0.15) is 0 Å². The van der Waals surface area contributed by atoms with Crippen LogP contribution in [-0.2, 0) is 10.5 Å². The number of carboxylic acid groups (broad SMARTS) is 1. The first-order chi connectivity index (χ1) is 10.1. The fraction of sp³-hybridized carbons (Fsp3) is 0.214. The quantitative estimate of drug-likeness (QED) is 0.650. The summed E-state index contributed by atoms with van der Waals surface area (Å²) in [5.74, 6) is 0.446. The number of carbonyl (C=O) groups is 1. The number of aryl methyl sites for hydroxylation is 1. The number of ether oxygens (including phenoxy) is 1. The Morgan fingerprint density at radius 1 is 1.48 bits per heavy atom. The maximum atomic E-state index is 10.7. The van der Waals surface area contributed by atoms with E-state index in [9.17, 15) is 4.79 Å². The summed E-state index contributed by atoms with van der Waals surface area (Å²) in [5, 5.41) is 17.7. The summed E-state index contributed by atoms with van der Waals surface area (Å²) in [6.45, 7) is 1.91. The molecule has 0 radical (unpaired) electrons. The van der Waals surface area contributed by atoms with Gasteiger partial charge in [-0.3, -0.25) is 0 Å². The van der Waals surface area contributed by atoms with Crippen molar-refractivity contribution >= 4 is 35.1 Å². The highest BCUT2D eigenvalue weighted by Crippen LogP contribution is 2.29. The topological polar surface area (TPSA) is 72.3 Å². The van der Waals surface area contributed by atoms with E-state index in [1.165, 1.54) is 11.3 Å². The lowest BCUT2D eigenvalue weighted by atomic mass is 10.1. The van der Waals surface area contributed by atoms with Crippen LogP contribution in [0, 0.1) is 6.92 Å². The maximum Gasteiger partial charge on any atom is 0.328 e. The summed E-state index contributed by atoms with van der Waals surface area (Å²) in [6.07, 6.45) is 2.72. The number of nitrogens with zero attached hydrogens (tertiary/aromatic N) is 2. The van der Waals surface area contributed by atoms with Crippen LogP contribution < -0.4 is 4.74 Å². The summed E-state index contributed by atoms with van der Waals surface area (Å²) >= 11 is 3.11. The predicted molar refractivity (Wildman–Crippen MR) is 83.9 cm³/mol. The molecule has 0 atom stereocenters. The van der Waals surface area contributed by atoms with Gasteiger partial charge in [-0.15, -0.1) is 10.2 Å². The number of hydrogen-bond acceptors (Lipinski definition) is 6. The fourth-order valence-electron chi connectivity index (χ4n) is 1.63. The molecule has 1 aromatic carbocycles. The maximum absolute atomic E-state index is 10.7. The van der Waals surface area contributed by atoms with Crippen molar-refractivity contribution in [3.63, 3.8) is 0 Å². The van der Waals surface area contributed by atoms with E-state index in [0.717, 1.165) is 32.3 Å². The summed E-state index contributed by atoms with van der Waals surface area (Å²) in [6, 6.07) is 5.56. The van der Waals surface area contributed by atoms with Crippen molar-refractivity contribution in [3.05, 3.63) is 40.4 Å². The number of carboxylic acids is 1. The molecular formula is C14H14N2O3S2. The minimum Gasteiger partial charge on any atom is -0.497 e. The second-order valence-electron chi connectivity index (χ2n) is 4.11. The monoisotopic (exact) mass is 322 g/mol. The molecular weight excluding hydrogens is 308 g/mol. The highest BCUT2D eigenvalue weighted by Gasteiger charge is 2.07. The van der Waals surface area contributed by atoms with E-state index in [-0.39, 0.29) is 0 Å². The number of methoxy groups -OCH3 is 1. The second kappa shape index (κ2) is 7.24. The molecule has 1 N–H and O–H groups in total. The summed E-state index contributed by atoms with van der Waals surface area (Å²) in [7, 11) is 1.60. The van der Waals surface area contributed by atoms with Crippen molar-refractivity contribution in [1.82, 2.24) is 10.2 Å².